The number of carbonyl (C=O) groups is 6. The van der Waals surface area contributed by atoms with Crippen molar-refractivity contribution >= 4 is 35.4 Å². The molecule has 1 unspecified atom stereocenters. The molecule has 12 nitrogen and oxygen atoms in total. The first kappa shape index (κ1) is 34.0. The van der Waals surface area contributed by atoms with E-state index >= 15 is 0 Å². The summed E-state index contributed by atoms with van der Waals surface area (Å²) in [6.07, 6.45) is 0.699. The van der Waals surface area contributed by atoms with Gasteiger partial charge < -0.3 is 26.0 Å². The van der Waals surface area contributed by atoms with Gasteiger partial charge in [-0.05, 0) is 10.8 Å². The molecule has 0 aliphatic carbocycles. The fourth-order valence-electron chi connectivity index (χ4n) is 3.88. The summed E-state index contributed by atoms with van der Waals surface area (Å²) in [5, 5.41) is 10.7. The van der Waals surface area contributed by atoms with E-state index in [4.69, 9.17) is 4.74 Å². The average molecular weight is 554 g/mol. The number of hydrogen-bond donors (Lipinski definition) is 4. The van der Waals surface area contributed by atoms with Crippen molar-refractivity contribution in [2.45, 2.75) is 73.6 Å². The van der Waals surface area contributed by atoms with Gasteiger partial charge >= 0.3 is 0 Å². The van der Waals surface area contributed by atoms with Crippen molar-refractivity contribution in [2.24, 2.45) is 16.7 Å². The molecule has 1 aliphatic rings. The highest BCUT2D eigenvalue weighted by Crippen LogP contribution is 2.35. The van der Waals surface area contributed by atoms with E-state index in [9.17, 15) is 28.8 Å². The van der Waals surface area contributed by atoms with Crippen LogP contribution in [0.15, 0.2) is 0 Å². The highest BCUT2D eigenvalue weighted by molar-refractivity contribution is 6.04. The number of carbonyl (C=O) groups excluding carboxylic acids is 6. The van der Waals surface area contributed by atoms with Crippen LogP contribution in [0.25, 0.3) is 0 Å². The lowest BCUT2D eigenvalue weighted by molar-refractivity contribution is -0.140. The second kappa shape index (κ2) is 16.2. The number of likely N-dealkylation sites (tertiary alicyclic amines) is 1. The fraction of sp³-hybridized carbons (Fsp3) is 0.778. The van der Waals surface area contributed by atoms with Crippen molar-refractivity contribution in [1.29, 1.82) is 0 Å². The lowest BCUT2D eigenvalue weighted by atomic mass is 9.80. The van der Waals surface area contributed by atoms with Gasteiger partial charge in [-0.1, -0.05) is 41.5 Å². The maximum absolute atomic E-state index is 12.5. The van der Waals surface area contributed by atoms with E-state index in [1.165, 1.54) is 4.90 Å². The second-order valence-electron chi connectivity index (χ2n) is 12.0. The van der Waals surface area contributed by atoms with E-state index in [2.05, 4.69) is 21.3 Å². The standard InChI is InChI=1S/C27H47N5O7/c1-26(2,3)18-23(36)29-11-10-28-20(33)7-8-21(34)30-12-15-39-16-13-31-22(35)9-14-32-24(37)17-19(25(32)38)27(4,5)6/h19H,7-18H2,1-6H3,(H,28,33)(H,29,36)(H,30,34)(H,31,35). The summed E-state index contributed by atoms with van der Waals surface area (Å²) < 4.78 is 5.38. The van der Waals surface area contributed by atoms with Crippen LogP contribution in [0.3, 0.4) is 0 Å². The third-order valence-corrected chi connectivity index (χ3v) is 6.03. The molecule has 6 amide bonds. The Hall–Kier alpha value is -3.02. The third kappa shape index (κ3) is 14.6. The zero-order valence-corrected chi connectivity index (χ0v) is 24.4. The highest BCUT2D eigenvalue weighted by Gasteiger charge is 2.44. The maximum atomic E-state index is 12.5. The Labute approximate surface area is 231 Å². The van der Waals surface area contributed by atoms with Crippen LogP contribution in [0.2, 0.25) is 0 Å². The first-order chi connectivity index (χ1) is 18.1. The monoisotopic (exact) mass is 553 g/mol. The van der Waals surface area contributed by atoms with Gasteiger partial charge in [0.05, 0.1) is 19.1 Å². The van der Waals surface area contributed by atoms with Gasteiger partial charge in [0.15, 0.2) is 0 Å². The molecule has 0 saturated carbocycles. The Morgan fingerprint density at radius 2 is 1.21 bits per heavy atom. The first-order valence-corrected chi connectivity index (χ1v) is 13.6. The Balaban J connectivity index is 2.03. The summed E-state index contributed by atoms with van der Waals surface area (Å²) >= 11 is 0. The SMILES string of the molecule is CC(C)(C)CC(=O)NCCNC(=O)CCC(=O)NCCOCCNC(=O)CCN1C(=O)CC(C(C)(C)C)C1=O. The van der Waals surface area contributed by atoms with Crippen LogP contribution in [0.5, 0.6) is 0 Å². The number of imide groups is 1. The topological polar surface area (TPSA) is 163 Å². The zero-order valence-electron chi connectivity index (χ0n) is 24.4. The maximum Gasteiger partial charge on any atom is 0.233 e. The van der Waals surface area contributed by atoms with Gasteiger partial charge in [0.1, 0.15) is 0 Å². The van der Waals surface area contributed by atoms with Gasteiger partial charge in [0, 0.05) is 64.8 Å². The lowest BCUT2D eigenvalue weighted by Crippen LogP contribution is -2.37. The molecular formula is C27H47N5O7. The van der Waals surface area contributed by atoms with E-state index in [1.54, 1.807) is 0 Å². The molecule has 12 heteroatoms. The van der Waals surface area contributed by atoms with Crippen molar-refractivity contribution in [3.8, 4) is 0 Å². The van der Waals surface area contributed by atoms with E-state index in [1.807, 2.05) is 41.5 Å². The number of hydrogen-bond acceptors (Lipinski definition) is 7. The van der Waals surface area contributed by atoms with Crippen molar-refractivity contribution in [2.75, 3.05) is 45.9 Å². The molecule has 1 atom stereocenters. The molecule has 1 heterocycles. The molecule has 39 heavy (non-hydrogen) atoms. The van der Waals surface area contributed by atoms with Crippen molar-refractivity contribution in [3.63, 3.8) is 0 Å². The number of rotatable bonds is 16. The average Bonchev–Trinajstić information content (AvgIpc) is 3.10. The molecule has 1 fully saturated rings. The lowest BCUT2D eigenvalue weighted by Gasteiger charge is -2.24. The second-order valence-corrected chi connectivity index (χ2v) is 12.0. The quantitative estimate of drug-likeness (QED) is 0.160. The van der Waals surface area contributed by atoms with Gasteiger partial charge in [-0.25, -0.2) is 0 Å². The molecule has 0 bridgehead atoms. The summed E-state index contributed by atoms with van der Waals surface area (Å²) in [6, 6.07) is 0. The number of nitrogens with one attached hydrogen (secondary N) is 4. The predicted molar refractivity (Wildman–Crippen MR) is 145 cm³/mol. The molecule has 0 radical (unpaired) electrons. The Kier molecular flexibility index (Phi) is 14.1. The first-order valence-electron chi connectivity index (χ1n) is 13.6. The van der Waals surface area contributed by atoms with Gasteiger partial charge in [-0.3, -0.25) is 33.7 Å². The van der Waals surface area contributed by atoms with Gasteiger partial charge in [0.2, 0.25) is 35.4 Å². The van der Waals surface area contributed by atoms with Gasteiger partial charge in [-0.15, -0.1) is 0 Å². The molecule has 0 aromatic heterocycles. The van der Waals surface area contributed by atoms with E-state index in [0.717, 1.165) is 0 Å². The van der Waals surface area contributed by atoms with Crippen molar-refractivity contribution < 1.29 is 33.5 Å². The zero-order chi connectivity index (χ0) is 29.6. The van der Waals surface area contributed by atoms with Crippen molar-refractivity contribution in [1.82, 2.24) is 26.2 Å². The summed E-state index contributed by atoms with van der Waals surface area (Å²) in [6.45, 7) is 13.4. The van der Waals surface area contributed by atoms with Crippen LogP contribution in [0.4, 0.5) is 0 Å². The predicted octanol–water partition coefficient (Wildman–Crippen LogP) is 0.496. The molecule has 4 N–H and O–H groups in total. The van der Waals surface area contributed by atoms with E-state index in [-0.39, 0.29) is 111 Å². The van der Waals surface area contributed by atoms with E-state index < -0.39 is 0 Å². The van der Waals surface area contributed by atoms with E-state index in [0.29, 0.717) is 19.5 Å². The summed E-state index contributed by atoms with van der Waals surface area (Å²) in [5.41, 5.74) is -0.402. The van der Waals surface area contributed by atoms with Gasteiger partial charge in [0.25, 0.3) is 0 Å². The molecular weight excluding hydrogens is 506 g/mol. The molecule has 0 spiro atoms. The van der Waals surface area contributed by atoms with Crippen LogP contribution in [-0.2, 0) is 33.5 Å². The summed E-state index contributed by atoms with van der Waals surface area (Å²) in [7, 11) is 0. The largest absolute Gasteiger partial charge is 0.378 e. The van der Waals surface area contributed by atoms with Crippen LogP contribution in [0.1, 0.15) is 73.6 Å². The van der Waals surface area contributed by atoms with Crippen LogP contribution in [0, 0.1) is 16.7 Å². The Morgan fingerprint density at radius 3 is 1.67 bits per heavy atom. The minimum absolute atomic E-state index is 0.0316. The summed E-state index contributed by atoms with van der Waals surface area (Å²) in [5.74, 6) is -1.71. The minimum Gasteiger partial charge on any atom is -0.378 e. The van der Waals surface area contributed by atoms with Crippen LogP contribution in [-0.4, -0.2) is 86.3 Å². The molecule has 0 aromatic rings. The van der Waals surface area contributed by atoms with Crippen molar-refractivity contribution in [3.05, 3.63) is 0 Å². The summed E-state index contributed by atoms with van der Waals surface area (Å²) in [4.78, 5) is 73.2. The fourth-order valence-corrected chi connectivity index (χ4v) is 3.88. The molecule has 1 rings (SSSR count). The smallest absolute Gasteiger partial charge is 0.233 e. The molecule has 0 aromatic carbocycles. The molecule has 222 valence electrons. The number of ether oxygens (including phenoxy) is 1. The van der Waals surface area contributed by atoms with Crippen LogP contribution >= 0.6 is 0 Å². The highest BCUT2D eigenvalue weighted by atomic mass is 16.5. The molecule has 1 saturated heterocycles. The number of amides is 6. The Morgan fingerprint density at radius 1 is 0.744 bits per heavy atom. The normalized spacial score (nSPS) is 15.7. The minimum atomic E-state index is -0.358. The van der Waals surface area contributed by atoms with Crippen LogP contribution < -0.4 is 21.3 Å². The molecule has 1 aliphatic heterocycles. The third-order valence-electron chi connectivity index (χ3n) is 6.03. The Bertz CT molecular complexity index is 877. The van der Waals surface area contributed by atoms with Gasteiger partial charge in [-0.2, -0.15) is 0 Å². The number of nitrogens with zero attached hydrogens (tertiary/aromatic N) is 1.